The first kappa shape index (κ1) is 21.3. The second-order valence-electron chi connectivity index (χ2n) is 9.62. The Balaban J connectivity index is 1.22. The number of aromatic nitrogens is 3. The van der Waals surface area contributed by atoms with Crippen LogP contribution in [0, 0.1) is 5.92 Å². The first-order valence-electron chi connectivity index (χ1n) is 11.9. The molecule has 0 aliphatic carbocycles. The van der Waals surface area contributed by atoms with Crippen molar-refractivity contribution < 1.29 is 4.79 Å². The molecule has 2 aliphatic heterocycles. The largest absolute Gasteiger partial charge is 0.334 e. The molecule has 0 saturated carbocycles. The standard InChI is InChI=1S/C26H33N5O/c1-29-9-7-24(8-10-29)31-11-5-19(6-12-31)26(32)15-23-14-22-13-20(3-4-21(22)16-28-23)25-17-27-18-30(25)2/h3-4,13-14,16-19,24H,5-12,15H2,1-2H3. The van der Waals surface area contributed by atoms with E-state index >= 15 is 0 Å². The van der Waals surface area contributed by atoms with Crippen molar-refractivity contribution in [2.75, 3.05) is 33.2 Å². The van der Waals surface area contributed by atoms with E-state index in [1.165, 1.54) is 25.9 Å². The first-order chi connectivity index (χ1) is 15.6. The highest BCUT2D eigenvalue weighted by atomic mass is 16.1. The van der Waals surface area contributed by atoms with Crippen molar-refractivity contribution >= 4 is 16.6 Å². The predicted molar refractivity (Wildman–Crippen MR) is 127 cm³/mol. The third-order valence-electron chi connectivity index (χ3n) is 7.44. The summed E-state index contributed by atoms with van der Waals surface area (Å²) in [7, 11) is 4.21. The zero-order chi connectivity index (χ0) is 22.1. The van der Waals surface area contributed by atoms with E-state index in [0.717, 1.165) is 53.7 Å². The van der Waals surface area contributed by atoms with E-state index in [1.807, 2.05) is 30.3 Å². The number of hydrogen-bond acceptors (Lipinski definition) is 5. The minimum atomic E-state index is 0.177. The molecule has 32 heavy (non-hydrogen) atoms. The van der Waals surface area contributed by atoms with Gasteiger partial charge in [-0.05, 0) is 76.4 Å². The molecule has 5 rings (SSSR count). The number of ketones is 1. The molecule has 0 bridgehead atoms. The number of carbonyl (C=O) groups is 1. The van der Waals surface area contributed by atoms with Crippen molar-refractivity contribution in [2.24, 2.45) is 13.0 Å². The Morgan fingerprint density at radius 1 is 0.969 bits per heavy atom. The highest BCUT2D eigenvalue weighted by Gasteiger charge is 2.30. The molecule has 4 heterocycles. The van der Waals surface area contributed by atoms with Crippen LogP contribution in [-0.4, -0.2) is 69.4 Å². The molecular formula is C26H33N5O. The maximum atomic E-state index is 13.1. The molecule has 6 heteroatoms. The number of pyridine rings is 1. The Labute approximate surface area is 190 Å². The van der Waals surface area contributed by atoms with E-state index in [4.69, 9.17) is 0 Å². The Morgan fingerprint density at radius 3 is 2.47 bits per heavy atom. The maximum absolute atomic E-state index is 13.1. The third kappa shape index (κ3) is 4.48. The van der Waals surface area contributed by atoms with Crippen molar-refractivity contribution in [1.82, 2.24) is 24.3 Å². The Morgan fingerprint density at radius 2 is 1.75 bits per heavy atom. The number of fused-ring (bicyclic) bond motifs is 1. The molecule has 0 spiro atoms. The Hall–Kier alpha value is -2.57. The molecule has 0 N–H and O–H groups in total. The molecule has 2 fully saturated rings. The van der Waals surface area contributed by atoms with Gasteiger partial charge in [0.2, 0.25) is 0 Å². The van der Waals surface area contributed by atoms with Crippen LogP contribution in [-0.2, 0) is 18.3 Å². The molecule has 0 amide bonds. The van der Waals surface area contributed by atoms with Crippen molar-refractivity contribution in [1.29, 1.82) is 0 Å². The van der Waals surface area contributed by atoms with Crippen LogP contribution in [0.15, 0.2) is 43.0 Å². The molecule has 0 unspecified atom stereocenters. The fourth-order valence-electron chi connectivity index (χ4n) is 5.35. The van der Waals surface area contributed by atoms with Crippen molar-refractivity contribution in [2.45, 2.75) is 38.1 Å². The summed E-state index contributed by atoms with van der Waals surface area (Å²) in [4.78, 5) is 26.9. The number of rotatable bonds is 5. The van der Waals surface area contributed by atoms with Gasteiger partial charge in [-0.3, -0.25) is 9.78 Å². The van der Waals surface area contributed by atoms with Crippen LogP contribution in [0.2, 0.25) is 0 Å². The molecule has 0 atom stereocenters. The minimum absolute atomic E-state index is 0.177. The van der Waals surface area contributed by atoms with E-state index in [9.17, 15) is 4.79 Å². The molecule has 1 aromatic carbocycles. The summed E-state index contributed by atoms with van der Waals surface area (Å²) in [6.07, 6.45) is 10.5. The number of nitrogens with zero attached hydrogens (tertiary/aromatic N) is 5. The van der Waals surface area contributed by atoms with E-state index in [-0.39, 0.29) is 5.92 Å². The zero-order valence-electron chi connectivity index (χ0n) is 19.2. The second-order valence-corrected chi connectivity index (χ2v) is 9.62. The molecule has 2 saturated heterocycles. The van der Waals surface area contributed by atoms with Gasteiger partial charge in [-0.1, -0.05) is 12.1 Å². The summed E-state index contributed by atoms with van der Waals surface area (Å²) in [6, 6.07) is 9.15. The third-order valence-corrected chi connectivity index (χ3v) is 7.44. The fourth-order valence-corrected chi connectivity index (χ4v) is 5.35. The van der Waals surface area contributed by atoms with Crippen LogP contribution in [0.25, 0.3) is 22.0 Å². The van der Waals surface area contributed by atoms with E-state index in [2.05, 4.69) is 51.1 Å². The molecule has 2 aromatic heterocycles. The average Bonchev–Trinajstić information content (AvgIpc) is 3.25. The smallest absolute Gasteiger partial charge is 0.142 e. The monoisotopic (exact) mass is 431 g/mol. The second kappa shape index (κ2) is 9.12. The molecule has 0 radical (unpaired) electrons. The van der Waals surface area contributed by atoms with Crippen molar-refractivity contribution in [3.63, 3.8) is 0 Å². The number of Topliss-reactive ketones (excluding diaryl/α,β-unsaturated/α-hetero) is 1. The van der Waals surface area contributed by atoms with Crippen LogP contribution >= 0.6 is 0 Å². The summed E-state index contributed by atoms with van der Waals surface area (Å²) in [6.45, 7) is 4.51. The van der Waals surface area contributed by atoms with E-state index in [1.54, 1.807) is 0 Å². The number of aryl methyl sites for hydroxylation is 1. The van der Waals surface area contributed by atoms with Gasteiger partial charge in [0.25, 0.3) is 0 Å². The van der Waals surface area contributed by atoms with Gasteiger partial charge >= 0.3 is 0 Å². The topological polar surface area (TPSA) is 54.3 Å². The first-order valence-corrected chi connectivity index (χ1v) is 11.9. The number of benzene rings is 1. The maximum Gasteiger partial charge on any atom is 0.142 e. The van der Waals surface area contributed by atoms with Gasteiger partial charge in [-0.2, -0.15) is 0 Å². The number of imidazole rings is 1. The fraction of sp³-hybridized carbons (Fsp3) is 0.500. The quantitative estimate of drug-likeness (QED) is 0.618. The molecular weight excluding hydrogens is 398 g/mol. The lowest BCUT2D eigenvalue weighted by atomic mass is 9.88. The minimum Gasteiger partial charge on any atom is -0.334 e. The van der Waals surface area contributed by atoms with Crippen LogP contribution in [0.1, 0.15) is 31.4 Å². The Kier molecular flexibility index (Phi) is 6.07. The van der Waals surface area contributed by atoms with Crippen LogP contribution in [0.3, 0.4) is 0 Å². The van der Waals surface area contributed by atoms with Gasteiger partial charge in [0.05, 0.1) is 18.2 Å². The van der Waals surface area contributed by atoms with Crippen LogP contribution < -0.4 is 0 Å². The van der Waals surface area contributed by atoms with Crippen LogP contribution in [0.4, 0.5) is 0 Å². The zero-order valence-corrected chi connectivity index (χ0v) is 19.2. The molecule has 168 valence electrons. The summed E-state index contributed by atoms with van der Waals surface area (Å²) in [5, 5.41) is 2.22. The number of piperidine rings is 2. The highest BCUT2D eigenvalue weighted by molar-refractivity contribution is 5.88. The van der Waals surface area contributed by atoms with Gasteiger partial charge in [0.15, 0.2) is 0 Å². The number of carbonyl (C=O) groups excluding carboxylic acids is 1. The number of likely N-dealkylation sites (tertiary alicyclic amines) is 2. The van der Waals surface area contributed by atoms with E-state index < -0.39 is 0 Å². The summed E-state index contributed by atoms with van der Waals surface area (Å²) < 4.78 is 2.02. The molecule has 2 aliphatic rings. The van der Waals surface area contributed by atoms with E-state index in [0.29, 0.717) is 18.2 Å². The summed E-state index contributed by atoms with van der Waals surface area (Å²) >= 11 is 0. The summed E-state index contributed by atoms with van der Waals surface area (Å²) in [5.41, 5.74) is 3.09. The SMILES string of the molecule is CN1CCC(N2CCC(C(=O)Cc3cc4cc(-c5cncn5C)ccc4cn3)CC2)CC1. The molecule has 3 aromatic rings. The number of hydrogen-bond donors (Lipinski definition) is 0. The average molecular weight is 432 g/mol. The molecule has 6 nitrogen and oxygen atoms in total. The highest BCUT2D eigenvalue weighted by Crippen LogP contribution is 2.27. The lowest BCUT2D eigenvalue weighted by Crippen LogP contribution is -2.47. The van der Waals surface area contributed by atoms with Gasteiger partial charge in [-0.25, -0.2) is 4.98 Å². The van der Waals surface area contributed by atoms with Crippen LogP contribution in [0.5, 0.6) is 0 Å². The van der Waals surface area contributed by atoms with Crippen molar-refractivity contribution in [3.05, 3.63) is 48.7 Å². The Bertz CT molecular complexity index is 1090. The van der Waals surface area contributed by atoms with Gasteiger partial charge in [0, 0.05) is 48.3 Å². The normalized spacial score (nSPS) is 19.6. The lowest BCUT2D eigenvalue weighted by molar-refractivity contribution is -0.124. The van der Waals surface area contributed by atoms with Crippen molar-refractivity contribution in [3.8, 4) is 11.3 Å². The predicted octanol–water partition coefficient (Wildman–Crippen LogP) is 3.55. The summed E-state index contributed by atoms with van der Waals surface area (Å²) in [5.74, 6) is 0.526. The van der Waals surface area contributed by atoms with Gasteiger partial charge in [0.1, 0.15) is 5.78 Å². The lowest BCUT2D eigenvalue weighted by Gasteiger charge is -2.40. The van der Waals surface area contributed by atoms with Gasteiger partial charge in [-0.15, -0.1) is 0 Å². The van der Waals surface area contributed by atoms with Gasteiger partial charge < -0.3 is 14.4 Å².